The number of carboxylic acid groups (broad SMARTS) is 1. The van der Waals surface area contributed by atoms with Gasteiger partial charge in [0.2, 0.25) is 5.91 Å². The zero-order valence-electron chi connectivity index (χ0n) is 13.8. The molecule has 1 atom stereocenters. The van der Waals surface area contributed by atoms with Crippen molar-refractivity contribution in [3.63, 3.8) is 0 Å². The van der Waals surface area contributed by atoms with Crippen molar-refractivity contribution < 1.29 is 23.1 Å². The SMILES string of the molecule is CCCCCS(=O)(=O)CC(=O)N1Cc2ccccc2C(C(=O)O)C1. The molecule has 1 unspecified atom stereocenters. The van der Waals surface area contributed by atoms with Crippen LogP contribution in [0.1, 0.15) is 43.2 Å². The van der Waals surface area contributed by atoms with E-state index in [1.807, 2.05) is 6.92 Å². The maximum absolute atomic E-state index is 12.4. The minimum Gasteiger partial charge on any atom is -0.481 e. The Morgan fingerprint density at radius 3 is 2.62 bits per heavy atom. The molecule has 1 heterocycles. The van der Waals surface area contributed by atoms with Crippen LogP contribution in [0.2, 0.25) is 0 Å². The van der Waals surface area contributed by atoms with E-state index in [0.29, 0.717) is 12.0 Å². The molecule has 0 fully saturated rings. The van der Waals surface area contributed by atoms with E-state index in [9.17, 15) is 23.1 Å². The molecule has 132 valence electrons. The molecule has 0 radical (unpaired) electrons. The fraction of sp³-hybridized carbons (Fsp3) is 0.529. The van der Waals surface area contributed by atoms with Gasteiger partial charge >= 0.3 is 5.97 Å². The molecular weight excluding hydrogens is 330 g/mol. The molecule has 6 nitrogen and oxygen atoms in total. The predicted molar refractivity (Wildman–Crippen MR) is 90.4 cm³/mol. The molecule has 0 aliphatic carbocycles. The van der Waals surface area contributed by atoms with Crippen molar-refractivity contribution in [3.05, 3.63) is 35.4 Å². The van der Waals surface area contributed by atoms with Crippen LogP contribution in [0.25, 0.3) is 0 Å². The normalized spacial score (nSPS) is 17.4. The van der Waals surface area contributed by atoms with Crippen molar-refractivity contribution in [2.24, 2.45) is 0 Å². The molecule has 0 spiro atoms. The third kappa shape index (κ3) is 4.56. The number of carbonyl (C=O) groups excluding carboxylic acids is 1. The zero-order chi connectivity index (χ0) is 17.7. The number of rotatable bonds is 7. The third-order valence-corrected chi connectivity index (χ3v) is 5.85. The number of amides is 1. The second-order valence-corrected chi connectivity index (χ2v) is 8.35. The number of nitrogens with zero attached hydrogens (tertiary/aromatic N) is 1. The largest absolute Gasteiger partial charge is 0.481 e. The number of sulfone groups is 1. The molecule has 24 heavy (non-hydrogen) atoms. The topological polar surface area (TPSA) is 91.8 Å². The number of hydrogen-bond donors (Lipinski definition) is 1. The smallest absolute Gasteiger partial charge is 0.312 e. The first-order valence-electron chi connectivity index (χ1n) is 8.13. The fourth-order valence-corrected chi connectivity index (χ4v) is 4.28. The van der Waals surface area contributed by atoms with E-state index in [0.717, 1.165) is 18.4 Å². The van der Waals surface area contributed by atoms with E-state index >= 15 is 0 Å². The van der Waals surface area contributed by atoms with Crippen LogP contribution < -0.4 is 0 Å². The molecule has 0 saturated heterocycles. The maximum Gasteiger partial charge on any atom is 0.312 e. The molecule has 1 aromatic carbocycles. The first-order chi connectivity index (χ1) is 11.3. The Labute approximate surface area is 142 Å². The Morgan fingerprint density at radius 1 is 1.25 bits per heavy atom. The van der Waals surface area contributed by atoms with E-state index in [-0.39, 0.29) is 18.8 Å². The van der Waals surface area contributed by atoms with Gasteiger partial charge in [-0.05, 0) is 17.5 Å². The van der Waals surface area contributed by atoms with Crippen molar-refractivity contribution in [1.29, 1.82) is 0 Å². The van der Waals surface area contributed by atoms with Crippen LogP contribution in [0.15, 0.2) is 24.3 Å². The second-order valence-electron chi connectivity index (χ2n) is 6.16. The number of fused-ring (bicyclic) bond motifs is 1. The lowest BCUT2D eigenvalue weighted by atomic mass is 9.90. The summed E-state index contributed by atoms with van der Waals surface area (Å²) in [5.74, 6) is -2.90. The molecule has 0 bridgehead atoms. The summed E-state index contributed by atoms with van der Waals surface area (Å²) in [5.41, 5.74) is 1.45. The Balaban J connectivity index is 2.10. The number of carbonyl (C=O) groups is 2. The van der Waals surface area contributed by atoms with Gasteiger partial charge in [-0.25, -0.2) is 8.42 Å². The summed E-state index contributed by atoms with van der Waals surface area (Å²) in [4.78, 5) is 25.2. The van der Waals surface area contributed by atoms with E-state index in [1.54, 1.807) is 24.3 Å². The van der Waals surface area contributed by atoms with Crippen LogP contribution in [-0.2, 0) is 26.0 Å². The molecule has 0 aromatic heterocycles. The van der Waals surface area contributed by atoms with Gasteiger partial charge in [-0.3, -0.25) is 9.59 Å². The minimum absolute atomic E-state index is 0.000629. The van der Waals surface area contributed by atoms with Gasteiger partial charge in [0.15, 0.2) is 9.84 Å². The monoisotopic (exact) mass is 353 g/mol. The van der Waals surface area contributed by atoms with Crippen LogP contribution in [-0.4, -0.2) is 48.4 Å². The lowest BCUT2D eigenvalue weighted by Gasteiger charge is -2.32. The van der Waals surface area contributed by atoms with Gasteiger partial charge in [0.1, 0.15) is 5.75 Å². The van der Waals surface area contributed by atoms with Crippen molar-refractivity contribution in [2.45, 2.75) is 38.6 Å². The quantitative estimate of drug-likeness (QED) is 0.755. The van der Waals surface area contributed by atoms with Crippen molar-refractivity contribution in [1.82, 2.24) is 4.90 Å². The summed E-state index contributed by atoms with van der Waals surface area (Å²) < 4.78 is 24.1. The van der Waals surface area contributed by atoms with Gasteiger partial charge in [-0.2, -0.15) is 0 Å². The van der Waals surface area contributed by atoms with Crippen LogP contribution >= 0.6 is 0 Å². The highest BCUT2D eigenvalue weighted by Crippen LogP contribution is 2.28. The average molecular weight is 353 g/mol. The third-order valence-electron chi connectivity index (χ3n) is 4.25. The van der Waals surface area contributed by atoms with Gasteiger partial charge in [-0.15, -0.1) is 0 Å². The average Bonchev–Trinajstić information content (AvgIpc) is 2.53. The fourth-order valence-electron chi connectivity index (χ4n) is 2.93. The van der Waals surface area contributed by atoms with Crippen molar-refractivity contribution in [2.75, 3.05) is 18.1 Å². The van der Waals surface area contributed by atoms with Gasteiger partial charge in [0, 0.05) is 13.1 Å². The van der Waals surface area contributed by atoms with Crippen LogP contribution in [0.3, 0.4) is 0 Å². The molecule has 1 aliphatic heterocycles. The zero-order valence-corrected chi connectivity index (χ0v) is 14.6. The van der Waals surface area contributed by atoms with Gasteiger partial charge in [0.05, 0.1) is 11.7 Å². The molecule has 1 aliphatic rings. The molecule has 1 aromatic rings. The lowest BCUT2D eigenvalue weighted by molar-refractivity contribution is -0.140. The summed E-state index contributed by atoms with van der Waals surface area (Å²) in [5, 5.41) is 9.40. The molecule has 2 rings (SSSR count). The standard InChI is InChI=1S/C17H23NO5S/c1-2-3-6-9-24(22,23)12-16(19)18-10-13-7-4-5-8-14(13)15(11-18)17(20)21/h4-5,7-8,15H,2-3,6,9-12H2,1H3,(H,20,21). The number of aliphatic carboxylic acids is 1. The number of benzene rings is 1. The Morgan fingerprint density at radius 2 is 1.96 bits per heavy atom. The van der Waals surface area contributed by atoms with Crippen molar-refractivity contribution in [3.8, 4) is 0 Å². The number of carboxylic acids is 1. The number of hydrogen-bond acceptors (Lipinski definition) is 4. The highest BCUT2D eigenvalue weighted by molar-refractivity contribution is 7.92. The number of unbranched alkanes of at least 4 members (excludes halogenated alkanes) is 2. The summed E-state index contributed by atoms with van der Waals surface area (Å²) >= 11 is 0. The Kier molecular flexibility index (Phi) is 5.99. The van der Waals surface area contributed by atoms with Crippen molar-refractivity contribution >= 4 is 21.7 Å². The summed E-state index contributed by atoms with van der Waals surface area (Å²) in [7, 11) is -3.46. The van der Waals surface area contributed by atoms with Crippen LogP contribution in [0, 0.1) is 0 Å². The Hall–Kier alpha value is -1.89. The summed E-state index contributed by atoms with van der Waals surface area (Å²) in [6.07, 6.45) is 2.27. The molecular formula is C17H23NO5S. The second kappa shape index (κ2) is 7.79. The minimum atomic E-state index is -3.46. The lowest BCUT2D eigenvalue weighted by Crippen LogP contribution is -2.43. The van der Waals surface area contributed by atoms with Crippen LogP contribution in [0.5, 0.6) is 0 Å². The molecule has 1 amide bonds. The summed E-state index contributed by atoms with van der Waals surface area (Å²) in [6.45, 7) is 2.24. The first kappa shape index (κ1) is 18.4. The highest BCUT2D eigenvalue weighted by Gasteiger charge is 2.33. The predicted octanol–water partition coefficient (Wildman–Crippen LogP) is 1.80. The van der Waals surface area contributed by atoms with E-state index in [2.05, 4.69) is 0 Å². The van der Waals surface area contributed by atoms with E-state index in [1.165, 1.54) is 4.90 Å². The Bertz CT molecular complexity index is 713. The highest BCUT2D eigenvalue weighted by atomic mass is 32.2. The van der Waals surface area contributed by atoms with Gasteiger partial charge < -0.3 is 10.0 Å². The van der Waals surface area contributed by atoms with Gasteiger partial charge in [0.25, 0.3) is 0 Å². The van der Waals surface area contributed by atoms with Gasteiger partial charge in [-0.1, -0.05) is 44.0 Å². The molecule has 0 saturated carbocycles. The molecule has 7 heteroatoms. The first-order valence-corrected chi connectivity index (χ1v) is 9.95. The molecule has 1 N–H and O–H groups in total. The van der Waals surface area contributed by atoms with E-state index < -0.39 is 33.4 Å². The van der Waals surface area contributed by atoms with E-state index in [4.69, 9.17) is 0 Å². The maximum atomic E-state index is 12.4. The summed E-state index contributed by atoms with van der Waals surface area (Å²) in [6, 6.07) is 7.08. The van der Waals surface area contributed by atoms with Crippen LogP contribution in [0.4, 0.5) is 0 Å².